The lowest BCUT2D eigenvalue weighted by molar-refractivity contribution is -0.129. The molecule has 0 aliphatic carbocycles. The standard InChI is InChI=1S/C14H21N3O/c1-10(15)13(12-6-4-3-5-7-12)17-9-8-16-14(18)11(17)2/h3-7,10-11,13H,8-9,15H2,1-2H3,(H,16,18). The molecule has 0 saturated carbocycles. The molecule has 3 unspecified atom stereocenters. The first-order valence-corrected chi connectivity index (χ1v) is 6.45. The number of carbonyl (C=O) groups excluding carboxylic acids is 1. The van der Waals surface area contributed by atoms with Crippen molar-refractivity contribution in [3.05, 3.63) is 35.9 Å². The van der Waals surface area contributed by atoms with Gasteiger partial charge in [0.05, 0.1) is 12.1 Å². The Morgan fingerprint density at radius 2 is 2.06 bits per heavy atom. The van der Waals surface area contributed by atoms with E-state index < -0.39 is 0 Å². The van der Waals surface area contributed by atoms with Gasteiger partial charge in [-0.1, -0.05) is 30.3 Å². The van der Waals surface area contributed by atoms with Gasteiger partial charge in [0, 0.05) is 19.1 Å². The number of carbonyl (C=O) groups is 1. The fourth-order valence-corrected chi connectivity index (χ4v) is 2.63. The molecule has 1 aliphatic heterocycles. The average Bonchev–Trinajstić information content (AvgIpc) is 2.36. The van der Waals surface area contributed by atoms with E-state index in [-0.39, 0.29) is 24.0 Å². The van der Waals surface area contributed by atoms with Gasteiger partial charge >= 0.3 is 0 Å². The van der Waals surface area contributed by atoms with Gasteiger partial charge in [-0.05, 0) is 19.4 Å². The molecule has 3 N–H and O–H groups in total. The van der Waals surface area contributed by atoms with Crippen molar-refractivity contribution in [2.24, 2.45) is 5.73 Å². The van der Waals surface area contributed by atoms with Gasteiger partial charge < -0.3 is 11.1 Å². The molecule has 1 aromatic rings. The van der Waals surface area contributed by atoms with Crippen molar-refractivity contribution < 1.29 is 4.79 Å². The molecular weight excluding hydrogens is 226 g/mol. The number of hydrogen-bond acceptors (Lipinski definition) is 3. The number of piperazine rings is 1. The number of amides is 1. The first-order valence-electron chi connectivity index (χ1n) is 6.45. The van der Waals surface area contributed by atoms with Crippen LogP contribution in [0.15, 0.2) is 30.3 Å². The molecule has 1 aromatic carbocycles. The van der Waals surface area contributed by atoms with Gasteiger partial charge in [-0.2, -0.15) is 0 Å². The number of hydrogen-bond donors (Lipinski definition) is 2. The zero-order valence-corrected chi connectivity index (χ0v) is 11.0. The Bertz CT molecular complexity index is 405. The van der Waals surface area contributed by atoms with E-state index in [0.717, 1.165) is 6.54 Å². The second kappa shape index (κ2) is 5.50. The maximum atomic E-state index is 11.8. The number of benzene rings is 1. The molecule has 0 radical (unpaired) electrons. The van der Waals surface area contributed by atoms with Crippen LogP contribution < -0.4 is 11.1 Å². The minimum absolute atomic E-state index is 0.0132. The lowest BCUT2D eigenvalue weighted by Gasteiger charge is -2.40. The van der Waals surface area contributed by atoms with E-state index in [1.54, 1.807) is 0 Å². The van der Waals surface area contributed by atoms with E-state index in [2.05, 4.69) is 22.3 Å². The van der Waals surface area contributed by atoms with E-state index in [1.165, 1.54) is 5.56 Å². The SMILES string of the molecule is CC(N)C(c1ccccc1)N1CCNC(=O)C1C. The summed E-state index contributed by atoms with van der Waals surface area (Å²) in [4.78, 5) is 14.0. The van der Waals surface area contributed by atoms with Gasteiger partial charge in [0.2, 0.25) is 5.91 Å². The van der Waals surface area contributed by atoms with E-state index in [0.29, 0.717) is 6.54 Å². The largest absolute Gasteiger partial charge is 0.353 e. The van der Waals surface area contributed by atoms with Crippen LogP contribution in [0.25, 0.3) is 0 Å². The highest BCUT2D eigenvalue weighted by molar-refractivity contribution is 5.82. The van der Waals surface area contributed by atoms with Crippen molar-refractivity contribution in [1.82, 2.24) is 10.2 Å². The summed E-state index contributed by atoms with van der Waals surface area (Å²) in [6, 6.07) is 10.1. The lowest BCUT2D eigenvalue weighted by atomic mass is 9.96. The Balaban J connectivity index is 2.28. The molecule has 4 heteroatoms. The Morgan fingerprint density at radius 3 is 2.67 bits per heavy atom. The van der Waals surface area contributed by atoms with Crippen LogP contribution in [0.4, 0.5) is 0 Å². The van der Waals surface area contributed by atoms with Crippen molar-refractivity contribution in [3.63, 3.8) is 0 Å². The third kappa shape index (κ3) is 2.54. The summed E-state index contributed by atoms with van der Waals surface area (Å²) in [5.41, 5.74) is 7.31. The Morgan fingerprint density at radius 1 is 1.39 bits per heavy atom. The van der Waals surface area contributed by atoms with Crippen LogP contribution in [0, 0.1) is 0 Å². The molecule has 1 amide bonds. The molecule has 0 bridgehead atoms. The van der Waals surface area contributed by atoms with Gasteiger partial charge in [-0.25, -0.2) is 0 Å². The van der Waals surface area contributed by atoms with Gasteiger partial charge in [-0.3, -0.25) is 9.69 Å². The number of nitrogens with two attached hydrogens (primary N) is 1. The quantitative estimate of drug-likeness (QED) is 0.834. The molecule has 98 valence electrons. The summed E-state index contributed by atoms with van der Waals surface area (Å²) in [7, 11) is 0. The third-order valence-electron chi connectivity index (χ3n) is 3.54. The van der Waals surface area contributed by atoms with Crippen molar-refractivity contribution in [2.45, 2.75) is 32.0 Å². The smallest absolute Gasteiger partial charge is 0.237 e. The summed E-state index contributed by atoms with van der Waals surface area (Å²) >= 11 is 0. The van der Waals surface area contributed by atoms with Crippen LogP contribution in [0.2, 0.25) is 0 Å². The third-order valence-corrected chi connectivity index (χ3v) is 3.54. The van der Waals surface area contributed by atoms with Crippen molar-refractivity contribution in [1.29, 1.82) is 0 Å². The fraction of sp³-hybridized carbons (Fsp3) is 0.500. The number of rotatable bonds is 3. The van der Waals surface area contributed by atoms with Crippen molar-refractivity contribution in [3.8, 4) is 0 Å². The molecule has 4 nitrogen and oxygen atoms in total. The van der Waals surface area contributed by atoms with Crippen LogP contribution in [0.1, 0.15) is 25.5 Å². The molecule has 1 fully saturated rings. The molecule has 2 rings (SSSR count). The van der Waals surface area contributed by atoms with Crippen LogP contribution in [-0.2, 0) is 4.79 Å². The maximum Gasteiger partial charge on any atom is 0.237 e. The summed E-state index contributed by atoms with van der Waals surface area (Å²) in [6.07, 6.45) is 0. The van der Waals surface area contributed by atoms with Crippen LogP contribution in [0.5, 0.6) is 0 Å². The Labute approximate surface area is 108 Å². The lowest BCUT2D eigenvalue weighted by Crippen LogP contribution is -2.57. The average molecular weight is 247 g/mol. The van der Waals surface area contributed by atoms with Crippen molar-refractivity contribution in [2.75, 3.05) is 13.1 Å². The van der Waals surface area contributed by atoms with Gasteiger partial charge in [0.1, 0.15) is 0 Å². The van der Waals surface area contributed by atoms with Crippen LogP contribution in [-0.4, -0.2) is 36.0 Å². The second-order valence-corrected chi connectivity index (χ2v) is 4.92. The minimum atomic E-state index is -0.130. The number of nitrogens with zero attached hydrogens (tertiary/aromatic N) is 1. The minimum Gasteiger partial charge on any atom is -0.353 e. The highest BCUT2D eigenvalue weighted by Crippen LogP contribution is 2.26. The summed E-state index contributed by atoms with van der Waals surface area (Å²) < 4.78 is 0. The highest BCUT2D eigenvalue weighted by atomic mass is 16.2. The van der Waals surface area contributed by atoms with Crippen molar-refractivity contribution >= 4 is 5.91 Å². The van der Waals surface area contributed by atoms with Gasteiger partial charge in [-0.15, -0.1) is 0 Å². The molecule has 0 aromatic heterocycles. The predicted molar refractivity (Wildman–Crippen MR) is 72.0 cm³/mol. The Hall–Kier alpha value is -1.39. The monoisotopic (exact) mass is 247 g/mol. The van der Waals surface area contributed by atoms with Gasteiger partial charge in [0.25, 0.3) is 0 Å². The molecule has 1 heterocycles. The molecule has 18 heavy (non-hydrogen) atoms. The first-order chi connectivity index (χ1) is 8.61. The molecule has 0 spiro atoms. The summed E-state index contributed by atoms with van der Waals surface area (Å²) in [5.74, 6) is 0.0860. The maximum absolute atomic E-state index is 11.8. The Kier molecular flexibility index (Phi) is 3.99. The number of nitrogens with one attached hydrogen (secondary N) is 1. The van der Waals surface area contributed by atoms with E-state index in [1.807, 2.05) is 32.0 Å². The zero-order valence-electron chi connectivity index (χ0n) is 11.0. The molecular formula is C14H21N3O. The molecule has 1 saturated heterocycles. The normalized spacial score (nSPS) is 24.4. The second-order valence-electron chi connectivity index (χ2n) is 4.92. The summed E-state index contributed by atoms with van der Waals surface area (Å²) in [5, 5.41) is 2.89. The van der Waals surface area contributed by atoms with Gasteiger partial charge in [0.15, 0.2) is 0 Å². The highest BCUT2D eigenvalue weighted by Gasteiger charge is 2.33. The molecule has 3 atom stereocenters. The van der Waals surface area contributed by atoms with Crippen LogP contribution in [0.3, 0.4) is 0 Å². The predicted octanol–water partition coefficient (Wildman–Crippen LogP) is 0.895. The van der Waals surface area contributed by atoms with E-state index in [9.17, 15) is 4.79 Å². The fourth-order valence-electron chi connectivity index (χ4n) is 2.63. The van der Waals surface area contributed by atoms with Crippen LogP contribution >= 0.6 is 0 Å². The van der Waals surface area contributed by atoms with E-state index in [4.69, 9.17) is 5.73 Å². The zero-order chi connectivity index (χ0) is 13.1. The van der Waals surface area contributed by atoms with E-state index >= 15 is 0 Å². The molecule has 1 aliphatic rings. The summed E-state index contributed by atoms with van der Waals surface area (Å²) in [6.45, 7) is 5.47. The first kappa shape index (κ1) is 13.1. The topological polar surface area (TPSA) is 58.4 Å².